The van der Waals surface area contributed by atoms with Crippen molar-refractivity contribution in [1.29, 1.82) is 0 Å². The molecule has 0 amide bonds. The van der Waals surface area contributed by atoms with Gasteiger partial charge >= 0.3 is 0 Å². The fourth-order valence-electron chi connectivity index (χ4n) is 2.76. The van der Waals surface area contributed by atoms with Crippen LogP contribution < -0.4 is 5.56 Å². The highest BCUT2D eigenvalue weighted by molar-refractivity contribution is 7.99. The second kappa shape index (κ2) is 8.00. The first-order chi connectivity index (χ1) is 13.6. The molecule has 0 atom stereocenters. The Kier molecular flexibility index (Phi) is 5.27. The van der Waals surface area contributed by atoms with Crippen LogP contribution in [0.1, 0.15) is 5.56 Å². The molecule has 0 aliphatic rings. The summed E-state index contributed by atoms with van der Waals surface area (Å²) in [5.74, 6) is 0.714. The molecule has 2 aromatic carbocycles. The van der Waals surface area contributed by atoms with Gasteiger partial charge < -0.3 is 4.42 Å². The Hall–Kier alpha value is -2.90. The van der Waals surface area contributed by atoms with Crippen molar-refractivity contribution in [2.75, 3.05) is 5.75 Å². The standard InChI is InChI=1S/C20H15ClN4O2S/c1-13(21)12-28-20-23-22-18(27-20)17-15-9-5-6-10-16(15)19(26)25(24-17)11-14-7-3-2-4-8-14/h2-10H,1,11-12H2. The largest absolute Gasteiger partial charge is 0.409 e. The Labute approximate surface area is 169 Å². The van der Waals surface area contributed by atoms with E-state index in [2.05, 4.69) is 21.9 Å². The second-order valence-electron chi connectivity index (χ2n) is 6.02. The average Bonchev–Trinajstić information content (AvgIpc) is 3.18. The first-order valence-electron chi connectivity index (χ1n) is 8.45. The Morgan fingerprint density at radius 3 is 2.54 bits per heavy atom. The van der Waals surface area contributed by atoms with E-state index >= 15 is 0 Å². The average molecular weight is 411 g/mol. The molecule has 0 unspecified atom stereocenters. The van der Waals surface area contributed by atoms with Gasteiger partial charge in [-0.05, 0) is 11.6 Å². The molecule has 0 saturated carbocycles. The van der Waals surface area contributed by atoms with Gasteiger partial charge in [-0.15, -0.1) is 10.2 Å². The molecule has 140 valence electrons. The third kappa shape index (κ3) is 3.85. The minimum absolute atomic E-state index is 0.171. The lowest BCUT2D eigenvalue weighted by Crippen LogP contribution is -2.24. The van der Waals surface area contributed by atoms with Crippen LogP contribution in [-0.2, 0) is 6.54 Å². The topological polar surface area (TPSA) is 73.8 Å². The fourth-order valence-corrected chi connectivity index (χ4v) is 3.44. The highest BCUT2D eigenvalue weighted by Crippen LogP contribution is 2.27. The van der Waals surface area contributed by atoms with E-state index in [0.717, 1.165) is 5.56 Å². The van der Waals surface area contributed by atoms with Gasteiger partial charge in [0.2, 0.25) is 0 Å². The van der Waals surface area contributed by atoms with Crippen molar-refractivity contribution in [2.24, 2.45) is 0 Å². The molecule has 0 aliphatic carbocycles. The van der Waals surface area contributed by atoms with Crippen molar-refractivity contribution in [1.82, 2.24) is 20.0 Å². The molecule has 0 aliphatic heterocycles. The summed E-state index contributed by atoms with van der Waals surface area (Å²) >= 11 is 7.08. The number of rotatable bonds is 6. The summed E-state index contributed by atoms with van der Waals surface area (Å²) < 4.78 is 7.16. The number of aromatic nitrogens is 4. The molecular formula is C20H15ClN4O2S. The summed E-state index contributed by atoms with van der Waals surface area (Å²) in [6.07, 6.45) is 0. The lowest BCUT2D eigenvalue weighted by atomic mass is 10.1. The molecule has 4 rings (SSSR count). The maximum atomic E-state index is 12.9. The molecule has 28 heavy (non-hydrogen) atoms. The van der Waals surface area contributed by atoms with Gasteiger partial charge in [-0.25, -0.2) is 4.68 Å². The zero-order valence-corrected chi connectivity index (χ0v) is 16.3. The van der Waals surface area contributed by atoms with Crippen LogP contribution in [0.2, 0.25) is 0 Å². The number of hydrogen-bond acceptors (Lipinski definition) is 6. The van der Waals surface area contributed by atoms with Crippen LogP contribution in [0.3, 0.4) is 0 Å². The Balaban J connectivity index is 1.80. The Morgan fingerprint density at radius 2 is 1.79 bits per heavy atom. The van der Waals surface area contributed by atoms with E-state index in [1.165, 1.54) is 16.4 Å². The number of nitrogens with zero attached hydrogens (tertiary/aromatic N) is 4. The molecule has 2 aromatic heterocycles. The quantitative estimate of drug-likeness (QED) is 0.440. The fraction of sp³-hybridized carbons (Fsp3) is 0.100. The van der Waals surface area contributed by atoms with Gasteiger partial charge in [0.25, 0.3) is 16.7 Å². The van der Waals surface area contributed by atoms with Crippen molar-refractivity contribution < 1.29 is 4.42 Å². The van der Waals surface area contributed by atoms with Gasteiger partial charge in [0.1, 0.15) is 0 Å². The highest BCUT2D eigenvalue weighted by atomic mass is 35.5. The molecule has 8 heteroatoms. The molecule has 2 heterocycles. The van der Waals surface area contributed by atoms with E-state index in [9.17, 15) is 4.79 Å². The summed E-state index contributed by atoms with van der Waals surface area (Å²) in [5, 5.41) is 14.7. The molecule has 0 radical (unpaired) electrons. The lowest BCUT2D eigenvalue weighted by Gasteiger charge is -2.09. The van der Waals surface area contributed by atoms with Crippen molar-refractivity contribution >= 4 is 34.1 Å². The van der Waals surface area contributed by atoms with E-state index in [1.54, 1.807) is 6.07 Å². The molecule has 6 nitrogen and oxygen atoms in total. The van der Waals surface area contributed by atoms with Crippen molar-refractivity contribution in [3.63, 3.8) is 0 Å². The van der Waals surface area contributed by atoms with Crippen LogP contribution >= 0.6 is 23.4 Å². The first kappa shape index (κ1) is 18.5. The zero-order chi connectivity index (χ0) is 19.5. The minimum Gasteiger partial charge on any atom is -0.409 e. The summed E-state index contributed by atoms with van der Waals surface area (Å²) in [5.41, 5.74) is 1.27. The zero-order valence-electron chi connectivity index (χ0n) is 14.7. The maximum Gasteiger partial charge on any atom is 0.277 e. The summed E-state index contributed by atoms with van der Waals surface area (Å²) in [4.78, 5) is 12.9. The van der Waals surface area contributed by atoms with Crippen LogP contribution in [0.5, 0.6) is 0 Å². The van der Waals surface area contributed by atoms with E-state index in [1.807, 2.05) is 48.5 Å². The van der Waals surface area contributed by atoms with Gasteiger partial charge in [0.15, 0.2) is 5.69 Å². The van der Waals surface area contributed by atoms with E-state index in [-0.39, 0.29) is 11.4 Å². The van der Waals surface area contributed by atoms with Crippen LogP contribution in [-0.4, -0.2) is 25.7 Å². The van der Waals surface area contributed by atoms with Crippen molar-refractivity contribution in [3.8, 4) is 11.6 Å². The third-order valence-electron chi connectivity index (χ3n) is 4.00. The minimum atomic E-state index is -0.171. The Morgan fingerprint density at radius 1 is 1.07 bits per heavy atom. The number of halogens is 1. The highest BCUT2D eigenvalue weighted by Gasteiger charge is 2.18. The normalized spacial score (nSPS) is 11.0. The second-order valence-corrected chi connectivity index (χ2v) is 7.48. The van der Waals surface area contributed by atoms with Gasteiger partial charge in [0, 0.05) is 16.2 Å². The van der Waals surface area contributed by atoms with Crippen LogP contribution in [0, 0.1) is 0 Å². The van der Waals surface area contributed by atoms with Gasteiger partial charge in [-0.3, -0.25) is 4.79 Å². The van der Waals surface area contributed by atoms with E-state index in [4.69, 9.17) is 16.0 Å². The third-order valence-corrected chi connectivity index (χ3v) is 5.20. The molecule has 4 aromatic rings. The molecule has 0 N–H and O–H groups in total. The number of hydrogen-bond donors (Lipinski definition) is 0. The Bertz CT molecular complexity index is 1200. The summed E-state index contributed by atoms with van der Waals surface area (Å²) in [6, 6.07) is 16.9. The SMILES string of the molecule is C=C(Cl)CSc1nnc(-c2nn(Cc3ccccc3)c(=O)c3ccccc23)o1. The van der Waals surface area contributed by atoms with Crippen molar-refractivity contribution in [3.05, 3.63) is 82.1 Å². The molecular weight excluding hydrogens is 396 g/mol. The maximum absolute atomic E-state index is 12.9. The molecule has 0 fully saturated rings. The van der Waals surface area contributed by atoms with Gasteiger partial charge in [0.05, 0.1) is 11.9 Å². The summed E-state index contributed by atoms with van der Waals surface area (Å²) in [7, 11) is 0. The van der Waals surface area contributed by atoms with Crippen molar-refractivity contribution in [2.45, 2.75) is 11.8 Å². The monoisotopic (exact) mass is 410 g/mol. The smallest absolute Gasteiger partial charge is 0.277 e. The van der Waals surface area contributed by atoms with Crippen LogP contribution in [0.15, 0.2) is 80.6 Å². The predicted octanol–water partition coefficient (Wildman–Crippen LogP) is 4.34. The predicted molar refractivity (Wildman–Crippen MR) is 111 cm³/mol. The molecule has 0 spiro atoms. The summed E-state index contributed by atoms with van der Waals surface area (Å²) in [6.45, 7) is 3.99. The number of benzene rings is 2. The first-order valence-corrected chi connectivity index (χ1v) is 9.82. The number of fused-ring (bicyclic) bond motifs is 1. The number of thioether (sulfide) groups is 1. The van der Waals surface area contributed by atoms with Crippen LogP contribution in [0.4, 0.5) is 0 Å². The van der Waals surface area contributed by atoms with Crippen LogP contribution in [0.25, 0.3) is 22.4 Å². The molecule has 0 bridgehead atoms. The molecule has 0 saturated heterocycles. The lowest BCUT2D eigenvalue weighted by molar-refractivity contribution is 0.463. The van der Waals surface area contributed by atoms with Gasteiger partial charge in [-0.2, -0.15) is 5.10 Å². The van der Waals surface area contributed by atoms with Gasteiger partial charge in [-0.1, -0.05) is 78.5 Å². The van der Waals surface area contributed by atoms with E-state index < -0.39 is 0 Å². The van der Waals surface area contributed by atoms with E-state index in [0.29, 0.717) is 39.0 Å².